The number of hydrogen-bond acceptors (Lipinski definition) is 7. The van der Waals surface area contributed by atoms with Crippen LogP contribution in [0.1, 0.15) is 6.92 Å². The van der Waals surface area contributed by atoms with Gasteiger partial charge in [-0.25, -0.2) is 4.98 Å². The number of carbonyl (C=O) groups is 2. The Morgan fingerprint density at radius 1 is 1.07 bits per heavy atom. The molecule has 0 spiro atoms. The van der Waals surface area contributed by atoms with E-state index in [0.29, 0.717) is 24.1 Å². The van der Waals surface area contributed by atoms with E-state index in [2.05, 4.69) is 15.6 Å². The number of hydrogen-bond donors (Lipinski definition) is 2. The van der Waals surface area contributed by atoms with Crippen LogP contribution in [0, 0.1) is 0 Å². The number of ether oxygens (including phenoxy) is 2. The van der Waals surface area contributed by atoms with Crippen LogP contribution in [0.25, 0.3) is 11.3 Å². The number of rotatable bonds is 6. The summed E-state index contributed by atoms with van der Waals surface area (Å²) in [6, 6.07) is 13.0. The second-order valence-corrected chi connectivity index (χ2v) is 8.35. The first-order chi connectivity index (χ1) is 14.6. The summed E-state index contributed by atoms with van der Waals surface area (Å²) in [5, 5.41) is 8.00. The van der Waals surface area contributed by atoms with Crippen LogP contribution < -0.4 is 20.1 Å². The molecule has 9 heteroatoms. The number of aromatic nitrogens is 1. The Hall–Kier alpha value is -3.04. The lowest BCUT2D eigenvalue weighted by Gasteiger charge is -2.18. The molecule has 0 saturated heterocycles. The van der Waals surface area contributed by atoms with Gasteiger partial charge in [0.25, 0.3) is 0 Å². The topological polar surface area (TPSA) is 89.6 Å². The van der Waals surface area contributed by atoms with Crippen molar-refractivity contribution in [3.05, 3.63) is 47.8 Å². The molecule has 0 saturated carbocycles. The van der Waals surface area contributed by atoms with Crippen molar-refractivity contribution in [3.63, 3.8) is 0 Å². The van der Waals surface area contributed by atoms with Crippen molar-refractivity contribution >= 4 is 45.7 Å². The molecule has 0 unspecified atom stereocenters. The number of carbonyl (C=O) groups excluding carboxylic acids is 2. The summed E-state index contributed by atoms with van der Waals surface area (Å²) in [7, 11) is 0. The Labute approximate surface area is 181 Å². The average molecular weight is 442 g/mol. The Morgan fingerprint density at radius 2 is 1.83 bits per heavy atom. The van der Waals surface area contributed by atoms with Crippen molar-refractivity contribution in [3.8, 4) is 22.8 Å². The SMILES string of the molecule is CC(=O)Nc1ccc(SCC(=O)Nc2nc(-c3ccc4c(c3)OCCO4)cs2)cc1. The first-order valence-corrected chi connectivity index (χ1v) is 11.1. The number of nitrogens with one attached hydrogen (secondary N) is 2. The zero-order chi connectivity index (χ0) is 20.9. The first-order valence-electron chi connectivity index (χ1n) is 9.23. The molecule has 0 aliphatic carbocycles. The van der Waals surface area contributed by atoms with Crippen LogP contribution in [0.5, 0.6) is 11.5 Å². The highest BCUT2D eigenvalue weighted by atomic mass is 32.2. The van der Waals surface area contributed by atoms with Crippen LogP contribution in [0.4, 0.5) is 10.8 Å². The largest absolute Gasteiger partial charge is 0.486 e. The van der Waals surface area contributed by atoms with Crippen LogP contribution in [0.2, 0.25) is 0 Å². The van der Waals surface area contributed by atoms with E-state index in [1.54, 1.807) is 0 Å². The highest BCUT2D eigenvalue weighted by Crippen LogP contribution is 2.35. The zero-order valence-electron chi connectivity index (χ0n) is 16.1. The van der Waals surface area contributed by atoms with Gasteiger partial charge in [-0.15, -0.1) is 23.1 Å². The maximum Gasteiger partial charge on any atom is 0.236 e. The molecule has 0 radical (unpaired) electrons. The molecular weight excluding hydrogens is 422 g/mol. The van der Waals surface area contributed by atoms with Crippen LogP contribution in [0.3, 0.4) is 0 Å². The molecule has 2 heterocycles. The number of fused-ring (bicyclic) bond motifs is 1. The summed E-state index contributed by atoms with van der Waals surface area (Å²) in [5.74, 6) is 1.45. The molecule has 0 atom stereocenters. The fraction of sp³-hybridized carbons (Fsp3) is 0.190. The first kappa shape index (κ1) is 20.2. The van der Waals surface area contributed by atoms with Gasteiger partial charge in [0.2, 0.25) is 11.8 Å². The summed E-state index contributed by atoms with van der Waals surface area (Å²) in [6.45, 7) is 2.55. The van der Waals surface area contributed by atoms with Crippen molar-refractivity contribution < 1.29 is 19.1 Å². The van der Waals surface area contributed by atoms with E-state index in [0.717, 1.165) is 27.6 Å². The molecule has 1 aliphatic rings. The maximum atomic E-state index is 12.3. The molecule has 1 aromatic heterocycles. The van der Waals surface area contributed by atoms with Crippen LogP contribution in [0.15, 0.2) is 52.7 Å². The molecule has 0 fully saturated rings. The van der Waals surface area contributed by atoms with Gasteiger partial charge in [-0.2, -0.15) is 0 Å². The lowest BCUT2D eigenvalue weighted by atomic mass is 10.1. The molecule has 30 heavy (non-hydrogen) atoms. The molecule has 154 valence electrons. The van der Waals surface area contributed by atoms with Gasteiger partial charge in [0.15, 0.2) is 16.6 Å². The highest BCUT2D eigenvalue weighted by molar-refractivity contribution is 8.00. The normalized spacial score (nSPS) is 12.3. The molecular formula is C21H19N3O4S2. The monoisotopic (exact) mass is 441 g/mol. The van der Waals surface area contributed by atoms with E-state index in [9.17, 15) is 9.59 Å². The fourth-order valence-electron chi connectivity index (χ4n) is 2.81. The number of benzene rings is 2. The van der Waals surface area contributed by atoms with Gasteiger partial charge in [0.1, 0.15) is 13.2 Å². The molecule has 2 aromatic carbocycles. The van der Waals surface area contributed by atoms with Gasteiger partial charge in [-0.05, 0) is 42.5 Å². The standard InChI is InChI=1S/C21H19N3O4S2/c1-13(25)22-15-3-5-16(6-4-15)29-12-20(26)24-21-23-17(11-30-21)14-2-7-18-19(10-14)28-9-8-27-18/h2-7,10-11H,8-9,12H2,1H3,(H,22,25)(H,23,24,26). The van der Waals surface area contributed by atoms with Crippen LogP contribution >= 0.6 is 23.1 Å². The van der Waals surface area contributed by atoms with Gasteiger partial charge in [-0.3, -0.25) is 9.59 Å². The maximum absolute atomic E-state index is 12.3. The summed E-state index contributed by atoms with van der Waals surface area (Å²) in [5.41, 5.74) is 2.41. The van der Waals surface area contributed by atoms with E-state index < -0.39 is 0 Å². The Bertz CT molecular complexity index is 1070. The number of thioether (sulfide) groups is 1. The Balaban J connectivity index is 1.32. The molecule has 0 bridgehead atoms. The highest BCUT2D eigenvalue weighted by Gasteiger charge is 2.14. The number of amides is 2. The van der Waals surface area contributed by atoms with E-state index in [1.165, 1.54) is 30.0 Å². The minimum atomic E-state index is -0.131. The second kappa shape index (κ2) is 9.19. The van der Waals surface area contributed by atoms with Gasteiger partial charge in [0.05, 0.1) is 11.4 Å². The Kier molecular flexibility index (Phi) is 6.20. The summed E-state index contributed by atoms with van der Waals surface area (Å²) in [4.78, 5) is 28.8. The van der Waals surface area contributed by atoms with E-state index in [1.807, 2.05) is 47.8 Å². The second-order valence-electron chi connectivity index (χ2n) is 6.44. The molecule has 2 amide bonds. The number of thiazole rings is 1. The quantitative estimate of drug-likeness (QED) is 0.555. The fourth-order valence-corrected chi connectivity index (χ4v) is 4.24. The molecule has 1 aliphatic heterocycles. The van der Waals surface area contributed by atoms with Crippen molar-refractivity contribution in [1.29, 1.82) is 0 Å². The van der Waals surface area contributed by atoms with E-state index >= 15 is 0 Å². The number of anilines is 2. The summed E-state index contributed by atoms with van der Waals surface area (Å²) < 4.78 is 11.2. The molecule has 4 rings (SSSR count). The minimum absolute atomic E-state index is 0.117. The van der Waals surface area contributed by atoms with Crippen molar-refractivity contribution in [2.45, 2.75) is 11.8 Å². The van der Waals surface area contributed by atoms with Gasteiger partial charge >= 0.3 is 0 Å². The van der Waals surface area contributed by atoms with E-state index in [4.69, 9.17) is 9.47 Å². The van der Waals surface area contributed by atoms with Crippen LogP contribution in [-0.2, 0) is 9.59 Å². The van der Waals surface area contributed by atoms with Gasteiger partial charge < -0.3 is 20.1 Å². The molecule has 2 N–H and O–H groups in total. The lowest BCUT2D eigenvalue weighted by molar-refractivity contribution is -0.114. The third kappa shape index (κ3) is 5.11. The predicted molar refractivity (Wildman–Crippen MR) is 119 cm³/mol. The molecule has 3 aromatic rings. The molecule has 7 nitrogen and oxygen atoms in total. The number of nitrogens with zero attached hydrogens (tertiary/aromatic N) is 1. The average Bonchev–Trinajstić information content (AvgIpc) is 3.21. The van der Waals surface area contributed by atoms with Crippen molar-refractivity contribution in [2.75, 3.05) is 29.6 Å². The smallest absolute Gasteiger partial charge is 0.236 e. The third-order valence-electron chi connectivity index (χ3n) is 4.13. The van der Waals surface area contributed by atoms with Crippen LogP contribution in [-0.4, -0.2) is 35.8 Å². The van der Waals surface area contributed by atoms with E-state index in [-0.39, 0.29) is 17.6 Å². The summed E-state index contributed by atoms with van der Waals surface area (Å²) >= 11 is 2.79. The third-order valence-corrected chi connectivity index (χ3v) is 5.90. The van der Waals surface area contributed by atoms with Gasteiger partial charge in [0, 0.05) is 28.5 Å². The Morgan fingerprint density at radius 3 is 2.60 bits per heavy atom. The zero-order valence-corrected chi connectivity index (χ0v) is 17.8. The summed E-state index contributed by atoms with van der Waals surface area (Å²) in [6.07, 6.45) is 0. The predicted octanol–water partition coefficient (Wildman–Crippen LogP) is 4.27. The minimum Gasteiger partial charge on any atom is -0.486 e. The van der Waals surface area contributed by atoms with Gasteiger partial charge in [-0.1, -0.05) is 0 Å². The lowest BCUT2D eigenvalue weighted by Crippen LogP contribution is -2.15. The van der Waals surface area contributed by atoms with Crippen molar-refractivity contribution in [1.82, 2.24) is 4.98 Å². The van der Waals surface area contributed by atoms with Crippen molar-refractivity contribution in [2.24, 2.45) is 0 Å².